The minimum absolute atomic E-state index is 0.131. The molecule has 12 heteroatoms. The summed E-state index contributed by atoms with van der Waals surface area (Å²) in [5.41, 5.74) is 0. The van der Waals surface area contributed by atoms with Gasteiger partial charge in [-0.1, -0.05) is 18.9 Å². The standard InChI is InChI=1S/C25H33N7O4S/c1-18-8-9-20(36-18)24-27-29-32(28-24)17-22(33)31(11-10-30-12-14-35-15-13-30)23(21-7-4-16-37-21)25(34)26-19-5-2-3-6-19/h4,7-9,16,19,23H,2-3,5-6,10-15,17H2,1H3,(H,26,34). The van der Waals surface area contributed by atoms with Gasteiger partial charge in [0.15, 0.2) is 5.76 Å². The number of rotatable bonds is 10. The number of nitrogens with one attached hydrogen (secondary N) is 1. The van der Waals surface area contributed by atoms with Crippen LogP contribution in [0.5, 0.6) is 0 Å². The Hall–Kier alpha value is -3.09. The number of carbonyl (C=O) groups is 2. The second-order valence-electron chi connectivity index (χ2n) is 9.50. The Morgan fingerprint density at radius 3 is 2.73 bits per heavy atom. The van der Waals surface area contributed by atoms with Crippen molar-refractivity contribution >= 4 is 23.2 Å². The molecule has 11 nitrogen and oxygen atoms in total. The van der Waals surface area contributed by atoms with Gasteiger partial charge in [-0.2, -0.15) is 4.80 Å². The van der Waals surface area contributed by atoms with E-state index < -0.39 is 6.04 Å². The third-order valence-corrected chi connectivity index (χ3v) is 7.77. The summed E-state index contributed by atoms with van der Waals surface area (Å²) in [4.78, 5) is 33.4. The van der Waals surface area contributed by atoms with Crippen molar-refractivity contribution in [1.29, 1.82) is 0 Å². The highest BCUT2D eigenvalue weighted by Crippen LogP contribution is 2.28. The summed E-state index contributed by atoms with van der Waals surface area (Å²) in [5.74, 6) is 1.17. The van der Waals surface area contributed by atoms with E-state index in [1.165, 1.54) is 16.1 Å². The minimum Gasteiger partial charge on any atom is -0.458 e. The molecule has 1 aliphatic heterocycles. The molecule has 4 heterocycles. The minimum atomic E-state index is -0.718. The van der Waals surface area contributed by atoms with Gasteiger partial charge in [-0.25, -0.2) is 0 Å². The molecule has 5 rings (SSSR count). The highest BCUT2D eigenvalue weighted by molar-refractivity contribution is 7.10. The topological polar surface area (TPSA) is 119 Å². The Morgan fingerprint density at radius 2 is 2.03 bits per heavy atom. The highest BCUT2D eigenvalue weighted by Gasteiger charge is 2.34. The number of aromatic nitrogens is 4. The molecule has 3 aromatic heterocycles. The molecule has 2 fully saturated rings. The highest BCUT2D eigenvalue weighted by atomic mass is 32.1. The van der Waals surface area contributed by atoms with Crippen molar-refractivity contribution < 1.29 is 18.7 Å². The molecule has 1 unspecified atom stereocenters. The van der Waals surface area contributed by atoms with Crippen LogP contribution in [0.15, 0.2) is 34.1 Å². The summed E-state index contributed by atoms with van der Waals surface area (Å²) >= 11 is 1.48. The Balaban J connectivity index is 1.37. The number of furan rings is 1. The molecule has 2 amide bonds. The van der Waals surface area contributed by atoms with Crippen LogP contribution in [0.4, 0.5) is 0 Å². The number of thiophene rings is 1. The van der Waals surface area contributed by atoms with Gasteiger partial charge in [0.1, 0.15) is 18.3 Å². The molecule has 0 bridgehead atoms. The number of morpholine rings is 1. The average Bonchev–Trinajstić information content (AvgIpc) is 3.71. The monoisotopic (exact) mass is 527 g/mol. The zero-order chi connectivity index (χ0) is 25.6. The summed E-state index contributed by atoms with van der Waals surface area (Å²) < 4.78 is 11.1. The molecule has 0 spiro atoms. The Bertz CT molecular complexity index is 1170. The van der Waals surface area contributed by atoms with Gasteiger partial charge in [-0.15, -0.1) is 21.5 Å². The molecular formula is C25H33N7O4S. The summed E-state index contributed by atoms with van der Waals surface area (Å²) in [6.45, 7) is 5.70. The first-order valence-corrected chi connectivity index (χ1v) is 13.7. The van der Waals surface area contributed by atoms with Crippen LogP contribution >= 0.6 is 11.3 Å². The normalized spacial score (nSPS) is 17.6. The van der Waals surface area contributed by atoms with Gasteiger partial charge < -0.3 is 19.4 Å². The van der Waals surface area contributed by atoms with Crippen LogP contribution in [0, 0.1) is 6.92 Å². The van der Waals surface area contributed by atoms with Crippen LogP contribution in [-0.2, 0) is 20.9 Å². The van der Waals surface area contributed by atoms with E-state index in [1.54, 1.807) is 11.0 Å². The lowest BCUT2D eigenvalue weighted by Crippen LogP contribution is -2.50. The molecule has 1 aliphatic carbocycles. The molecule has 2 aliphatic rings. The van der Waals surface area contributed by atoms with Crippen LogP contribution < -0.4 is 5.32 Å². The number of tetrazole rings is 1. The molecule has 1 saturated heterocycles. The van der Waals surface area contributed by atoms with Crippen molar-refractivity contribution in [2.24, 2.45) is 0 Å². The van der Waals surface area contributed by atoms with Crippen LogP contribution in [0.25, 0.3) is 11.6 Å². The van der Waals surface area contributed by atoms with Gasteiger partial charge >= 0.3 is 0 Å². The van der Waals surface area contributed by atoms with Crippen LogP contribution in [0.3, 0.4) is 0 Å². The molecule has 1 atom stereocenters. The Labute approximate surface area is 219 Å². The number of carbonyl (C=O) groups excluding carboxylic acids is 2. The lowest BCUT2D eigenvalue weighted by atomic mass is 10.1. The van der Waals surface area contributed by atoms with E-state index in [2.05, 4.69) is 25.6 Å². The fraction of sp³-hybridized carbons (Fsp3) is 0.560. The summed E-state index contributed by atoms with van der Waals surface area (Å²) in [7, 11) is 0. The third-order valence-electron chi connectivity index (χ3n) is 6.85. The van der Waals surface area contributed by atoms with E-state index in [9.17, 15) is 9.59 Å². The summed E-state index contributed by atoms with van der Waals surface area (Å²) in [5, 5.41) is 17.6. The Morgan fingerprint density at radius 1 is 1.22 bits per heavy atom. The van der Waals surface area contributed by atoms with Gasteiger partial charge in [0.05, 0.1) is 13.2 Å². The average molecular weight is 528 g/mol. The fourth-order valence-electron chi connectivity index (χ4n) is 4.87. The van der Waals surface area contributed by atoms with Gasteiger partial charge in [0.2, 0.25) is 17.6 Å². The van der Waals surface area contributed by atoms with Gasteiger partial charge in [-0.3, -0.25) is 14.5 Å². The molecule has 0 aromatic carbocycles. The second kappa shape index (κ2) is 12.0. The van der Waals surface area contributed by atoms with Gasteiger partial charge in [0.25, 0.3) is 0 Å². The largest absolute Gasteiger partial charge is 0.458 e. The van der Waals surface area contributed by atoms with Crippen molar-refractivity contribution in [3.8, 4) is 11.6 Å². The predicted molar refractivity (Wildman–Crippen MR) is 137 cm³/mol. The van der Waals surface area contributed by atoms with Crippen LogP contribution in [-0.4, -0.2) is 87.3 Å². The fourth-order valence-corrected chi connectivity index (χ4v) is 5.70. The van der Waals surface area contributed by atoms with Gasteiger partial charge in [-0.05, 0) is 48.6 Å². The quantitative estimate of drug-likeness (QED) is 0.427. The molecule has 1 N–H and O–H groups in total. The van der Waals surface area contributed by atoms with Crippen LogP contribution in [0.1, 0.15) is 42.4 Å². The van der Waals surface area contributed by atoms with Gasteiger partial charge in [0, 0.05) is 37.1 Å². The zero-order valence-electron chi connectivity index (χ0n) is 21.0. The number of nitrogens with zero attached hydrogens (tertiary/aromatic N) is 6. The van der Waals surface area contributed by atoms with Crippen molar-refractivity contribution in [3.63, 3.8) is 0 Å². The SMILES string of the molecule is Cc1ccc(-c2nnn(CC(=O)N(CCN3CCOCC3)C(C(=O)NC3CCCC3)c3cccs3)n2)o1. The number of aryl methyl sites for hydroxylation is 1. The van der Waals surface area contributed by atoms with E-state index in [0.29, 0.717) is 37.9 Å². The Kier molecular flexibility index (Phi) is 8.27. The molecule has 198 valence electrons. The maximum Gasteiger partial charge on any atom is 0.248 e. The second-order valence-corrected chi connectivity index (χ2v) is 10.5. The van der Waals surface area contributed by atoms with E-state index in [-0.39, 0.29) is 24.4 Å². The number of hydrogen-bond donors (Lipinski definition) is 1. The maximum absolute atomic E-state index is 13.8. The van der Waals surface area contributed by atoms with Crippen molar-refractivity contribution in [3.05, 3.63) is 40.3 Å². The van der Waals surface area contributed by atoms with E-state index in [0.717, 1.165) is 49.4 Å². The molecule has 37 heavy (non-hydrogen) atoms. The molecule has 1 saturated carbocycles. The smallest absolute Gasteiger partial charge is 0.248 e. The lowest BCUT2D eigenvalue weighted by Gasteiger charge is -2.34. The number of hydrogen-bond acceptors (Lipinski definition) is 9. The van der Waals surface area contributed by atoms with E-state index in [1.807, 2.05) is 30.5 Å². The summed E-state index contributed by atoms with van der Waals surface area (Å²) in [6.07, 6.45) is 4.18. The molecular weight excluding hydrogens is 494 g/mol. The maximum atomic E-state index is 13.8. The molecule has 3 aromatic rings. The number of ether oxygens (including phenoxy) is 1. The first-order chi connectivity index (χ1) is 18.1. The first kappa shape index (κ1) is 25.6. The number of amides is 2. The third kappa shape index (κ3) is 6.43. The lowest BCUT2D eigenvalue weighted by molar-refractivity contribution is -0.142. The van der Waals surface area contributed by atoms with Crippen molar-refractivity contribution in [1.82, 2.24) is 35.3 Å². The van der Waals surface area contributed by atoms with E-state index >= 15 is 0 Å². The molecule has 0 radical (unpaired) electrons. The predicted octanol–water partition coefficient (Wildman–Crippen LogP) is 2.26. The first-order valence-electron chi connectivity index (χ1n) is 12.8. The van der Waals surface area contributed by atoms with Crippen molar-refractivity contribution in [2.45, 2.75) is 51.2 Å². The van der Waals surface area contributed by atoms with Crippen LogP contribution in [0.2, 0.25) is 0 Å². The van der Waals surface area contributed by atoms with Crippen molar-refractivity contribution in [2.75, 3.05) is 39.4 Å². The zero-order valence-corrected chi connectivity index (χ0v) is 21.9. The summed E-state index contributed by atoms with van der Waals surface area (Å²) in [6, 6.07) is 6.87. The van der Waals surface area contributed by atoms with E-state index in [4.69, 9.17) is 9.15 Å².